The Hall–Kier alpha value is -1.73. The van der Waals surface area contributed by atoms with Crippen molar-refractivity contribution in [2.24, 2.45) is 17.5 Å². The minimum atomic E-state index is -0.344. The Kier molecular flexibility index (Phi) is 5.47. The highest BCUT2D eigenvalue weighted by Crippen LogP contribution is 2.05. The zero-order valence-corrected chi connectivity index (χ0v) is 10.8. The summed E-state index contributed by atoms with van der Waals surface area (Å²) < 4.78 is 0. The van der Waals surface area contributed by atoms with Crippen LogP contribution < -0.4 is 17.0 Å². The topological polar surface area (TPSA) is 110 Å². The van der Waals surface area contributed by atoms with Gasteiger partial charge in [-0.25, -0.2) is 10.8 Å². The first-order valence-corrected chi connectivity index (χ1v) is 5.79. The van der Waals surface area contributed by atoms with Gasteiger partial charge in [0.05, 0.1) is 24.6 Å². The predicted octanol–water partition coefficient (Wildman–Crippen LogP) is -0.294. The van der Waals surface area contributed by atoms with Gasteiger partial charge in [0.25, 0.3) is 0 Å². The monoisotopic (exact) mass is 252 g/mol. The zero-order valence-electron chi connectivity index (χ0n) is 10.8. The van der Waals surface area contributed by atoms with E-state index in [1.165, 1.54) is 0 Å². The Labute approximate surface area is 107 Å². The molecule has 1 amide bonds. The first-order valence-electron chi connectivity index (χ1n) is 5.79. The summed E-state index contributed by atoms with van der Waals surface area (Å²) in [6.45, 7) is 5.71. The molecule has 1 aromatic rings. The Morgan fingerprint density at radius 1 is 1.44 bits per heavy atom. The summed E-state index contributed by atoms with van der Waals surface area (Å²) in [7, 11) is 0. The number of carbonyl (C=O) groups is 1. The number of anilines is 1. The molecule has 1 rings (SSSR count). The van der Waals surface area contributed by atoms with Gasteiger partial charge in [0.2, 0.25) is 5.91 Å². The molecular formula is C11H20N6O. The maximum atomic E-state index is 11.0. The van der Waals surface area contributed by atoms with Crippen LogP contribution in [0, 0.1) is 5.92 Å². The summed E-state index contributed by atoms with van der Waals surface area (Å²) in [5.41, 5.74) is 8.41. The van der Waals surface area contributed by atoms with Crippen LogP contribution in [0.3, 0.4) is 0 Å². The number of primary amides is 1. The van der Waals surface area contributed by atoms with Crippen molar-refractivity contribution < 1.29 is 4.79 Å². The van der Waals surface area contributed by atoms with Crippen molar-refractivity contribution in [1.82, 2.24) is 14.9 Å². The van der Waals surface area contributed by atoms with E-state index in [0.717, 1.165) is 12.2 Å². The SMILES string of the molecule is CC(C)CN(CC(N)=O)Cc1cnc(NN)cn1. The predicted molar refractivity (Wildman–Crippen MR) is 69.2 cm³/mol. The minimum absolute atomic E-state index is 0.219. The smallest absolute Gasteiger partial charge is 0.231 e. The number of nitrogens with two attached hydrogens (primary N) is 2. The number of rotatable bonds is 7. The molecular weight excluding hydrogens is 232 g/mol. The number of nitrogen functional groups attached to an aromatic ring is 1. The van der Waals surface area contributed by atoms with Gasteiger partial charge in [-0.15, -0.1) is 0 Å². The average molecular weight is 252 g/mol. The summed E-state index contributed by atoms with van der Waals surface area (Å²) in [6, 6.07) is 0. The molecule has 5 N–H and O–H groups in total. The van der Waals surface area contributed by atoms with Crippen LogP contribution in [-0.2, 0) is 11.3 Å². The fraction of sp³-hybridized carbons (Fsp3) is 0.545. The van der Waals surface area contributed by atoms with Gasteiger partial charge in [-0.05, 0) is 5.92 Å². The molecule has 0 radical (unpaired) electrons. The van der Waals surface area contributed by atoms with E-state index in [1.807, 2.05) is 4.90 Å². The van der Waals surface area contributed by atoms with Gasteiger partial charge < -0.3 is 11.2 Å². The lowest BCUT2D eigenvalue weighted by Crippen LogP contribution is -2.36. The zero-order chi connectivity index (χ0) is 13.5. The number of hydrogen-bond donors (Lipinski definition) is 3. The number of hydrazine groups is 1. The third-order valence-electron chi connectivity index (χ3n) is 2.24. The second kappa shape index (κ2) is 6.87. The highest BCUT2D eigenvalue weighted by atomic mass is 16.1. The molecule has 1 heterocycles. The van der Waals surface area contributed by atoms with E-state index in [0.29, 0.717) is 18.3 Å². The van der Waals surface area contributed by atoms with Crippen LogP contribution in [0.25, 0.3) is 0 Å². The minimum Gasteiger partial charge on any atom is -0.369 e. The van der Waals surface area contributed by atoms with Gasteiger partial charge in [-0.2, -0.15) is 0 Å². The van der Waals surface area contributed by atoms with Crippen molar-refractivity contribution in [2.45, 2.75) is 20.4 Å². The average Bonchev–Trinajstić information content (AvgIpc) is 2.28. The summed E-state index contributed by atoms with van der Waals surface area (Å²) in [4.78, 5) is 21.2. The van der Waals surface area contributed by atoms with Crippen LogP contribution in [0.2, 0.25) is 0 Å². The van der Waals surface area contributed by atoms with Crippen LogP contribution in [0.4, 0.5) is 5.82 Å². The number of carbonyl (C=O) groups excluding carboxylic acids is 1. The van der Waals surface area contributed by atoms with E-state index in [1.54, 1.807) is 12.4 Å². The van der Waals surface area contributed by atoms with Gasteiger partial charge in [0.15, 0.2) is 5.82 Å². The highest BCUT2D eigenvalue weighted by Gasteiger charge is 2.11. The van der Waals surface area contributed by atoms with Gasteiger partial charge >= 0.3 is 0 Å². The lowest BCUT2D eigenvalue weighted by Gasteiger charge is -2.22. The Balaban J connectivity index is 2.65. The maximum absolute atomic E-state index is 11.0. The molecule has 100 valence electrons. The molecule has 0 saturated carbocycles. The van der Waals surface area contributed by atoms with Gasteiger partial charge in [-0.1, -0.05) is 13.8 Å². The van der Waals surface area contributed by atoms with E-state index in [4.69, 9.17) is 11.6 Å². The second-order valence-corrected chi connectivity index (χ2v) is 4.57. The first-order chi connectivity index (χ1) is 8.51. The van der Waals surface area contributed by atoms with E-state index in [-0.39, 0.29) is 12.5 Å². The molecule has 0 aliphatic carbocycles. The van der Waals surface area contributed by atoms with Crippen LogP contribution in [0.15, 0.2) is 12.4 Å². The summed E-state index contributed by atoms with van der Waals surface area (Å²) in [5.74, 6) is 5.82. The number of nitrogens with zero attached hydrogens (tertiary/aromatic N) is 3. The number of nitrogens with one attached hydrogen (secondary N) is 1. The van der Waals surface area contributed by atoms with Crippen molar-refractivity contribution in [3.8, 4) is 0 Å². The molecule has 0 unspecified atom stereocenters. The Bertz CT molecular complexity index is 378. The maximum Gasteiger partial charge on any atom is 0.231 e. The molecule has 18 heavy (non-hydrogen) atoms. The summed E-state index contributed by atoms with van der Waals surface area (Å²) >= 11 is 0. The molecule has 1 aromatic heterocycles. The lowest BCUT2D eigenvalue weighted by molar-refractivity contribution is -0.119. The molecule has 7 heteroatoms. The molecule has 0 aromatic carbocycles. The Morgan fingerprint density at radius 2 is 2.17 bits per heavy atom. The molecule has 7 nitrogen and oxygen atoms in total. The quantitative estimate of drug-likeness (QED) is 0.454. The second-order valence-electron chi connectivity index (χ2n) is 4.57. The highest BCUT2D eigenvalue weighted by molar-refractivity contribution is 5.75. The molecule has 0 aliphatic heterocycles. The Morgan fingerprint density at radius 3 is 2.61 bits per heavy atom. The molecule has 0 saturated heterocycles. The third-order valence-corrected chi connectivity index (χ3v) is 2.24. The molecule has 0 spiro atoms. The van der Waals surface area contributed by atoms with Gasteiger partial charge in [0.1, 0.15) is 0 Å². The van der Waals surface area contributed by atoms with Crippen molar-refractivity contribution >= 4 is 11.7 Å². The van der Waals surface area contributed by atoms with Gasteiger partial charge in [0, 0.05) is 13.1 Å². The van der Waals surface area contributed by atoms with Crippen LogP contribution >= 0.6 is 0 Å². The van der Waals surface area contributed by atoms with Crippen LogP contribution in [0.5, 0.6) is 0 Å². The molecule has 0 aliphatic rings. The summed E-state index contributed by atoms with van der Waals surface area (Å²) in [6.07, 6.45) is 3.18. The van der Waals surface area contributed by atoms with Crippen molar-refractivity contribution in [1.29, 1.82) is 0 Å². The molecule has 0 bridgehead atoms. The fourth-order valence-corrected chi connectivity index (χ4v) is 1.66. The normalized spacial score (nSPS) is 10.9. The van der Waals surface area contributed by atoms with Crippen LogP contribution in [-0.4, -0.2) is 33.9 Å². The lowest BCUT2D eigenvalue weighted by atomic mass is 10.2. The molecule has 0 atom stereocenters. The standard InChI is InChI=1S/C11H20N6O/c1-8(2)5-17(7-10(12)18)6-9-3-15-11(16-13)4-14-9/h3-4,8H,5-7,13H2,1-2H3,(H2,12,18)(H,15,16). The van der Waals surface area contributed by atoms with Crippen molar-refractivity contribution in [2.75, 3.05) is 18.5 Å². The van der Waals surface area contributed by atoms with Crippen LogP contribution in [0.1, 0.15) is 19.5 Å². The first kappa shape index (κ1) is 14.3. The molecule has 0 fully saturated rings. The summed E-state index contributed by atoms with van der Waals surface area (Å²) in [5, 5.41) is 0. The van der Waals surface area contributed by atoms with Crippen molar-refractivity contribution in [3.63, 3.8) is 0 Å². The third kappa shape index (κ3) is 5.07. The van der Waals surface area contributed by atoms with E-state index in [2.05, 4.69) is 29.2 Å². The van der Waals surface area contributed by atoms with E-state index in [9.17, 15) is 4.79 Å². The number of hydrogen-bond acceptors (Lipinski definition) is 6. The largest absolute Gasteiger partial charge is 0.369 e. The van der Waals surface area contributed by atoms with E-state index >= 15 is 0 Å². The van der Waals surface area contributed by atoms with Gasteiger partial charge in [-0.3, -0.25) is 14.7 Å². The fourth-order valence-electron chi connectivity index (χ4n) is 1.66. The van der Waals surface area contributed by atoms with Crippen molar-refractivity contribution in [3.05, 3.63) is 18.1 Å². The number of amides is 1. The number of aromatic nitrogens is 2. The van der Waals surface area contributed by atoms with E-state index < -0.39 is 0 Å².